The van der Waals surface area contributed by atoms with Crippen LogP contribution in [0.1, 0.15) is 41.1 Å². The highest BCUT2D eigenvalue weighted by Crippen LogP contribution is 2.25. The Bertz CT molecular complexity index is 935. The summed E-state index contributed by atoms with van der Waals surface area (Å²) in [5.41, 5.74) is 4.62. The predicted octanol–water partition coefficient (Wildman–Crippen LogP) is 3.23. The number of aryl methyl sites for hydroxylation is 3. The summed E-state index contributed by atoms with van der Waals surface area (Å²) in [6, 6.07) is 13.4. The molecule has 2 aromatic rings. The number of sulfonamides is 1. The first-order valence-corrected chi connectivity index (χ1v) is 12.0. The Labute approximate surface area is 174 Å². The smallest absolute Gasteiger partial charge is 0.241 e. The van der Waals surface area contributed by atoms with Gasteiger partial charge in [0.1, 0.15) is 0 Å². The number of nitrogens with zero attached hydrogens (tertiary/aromatic N) is 1. The van der Waals surface area contributed by atoms with Gasteiger partial charge in [-0.2, -0.15) is 0 Å². The molecule has 1 fully saturated rings. The van der Waals surface area contributed by atoms with Gasteiger partial charge in [0.05, 0.1) is 24.2 Å². The average Bonchev–Trinajstić information content (AvgIpc) is 2.74. The van der Waals surface area contributed by atoms with E-state index in [1.807, 2.05) is 43.3 Å². The van der Waals surface area contributed by atoms with Crippen molar-refractivity contribution >= 4 is 10.0 Å². The molecule has 0 unspecified atom stereocenters. The van der Waals surface area contributed by atoms with Crippen LogP contribution in [0.25, 0.3) is 0 Å². The first-order valence-electron chi connectivity index (χ1n) is 10.5. The third-order valence-corrected chi connectivity index (χ3v) is 7.42. The molecule has 4 rings (SSSR count). The van der Waals surface area contributed by atoms with Gasteiger partial charge < -0.3 is 4.74 Å². The molecule has 1 heterocycles. The molecule has 2 aliphatic rings. The quantitative estimate of drug-likeness (QED) is 0.789. The lowest BCUT2D eigenvalue weighted by Crippen LogP contribution is -2.43. The summed E-state index contributed by atoms with van der Waals surface area (Å²) in [6.45, 7) is 5.71. The molecule has 1 saturated heterocycles. The van der Waals surface area contributed by atoms with Gasteiger partial charge in [-0.15, -0.1) is 0 Å². The van der Waals surface area contributed by atoms with Gasteiger partial charge in [-0.1, -0.05) is 35.9 Å². The zero-order valence-electron chi connectivity index (χ0n) is 17.1. The predicted molar refractivity (Wildman–Crippen MR) is 115 cm³/mol. The lowest BCUT2D eigenvalue weighted by Gasteiger charge is -2.31. The van der Waals surface area contributed by atoms with Crippen LogP contribution in [0.15, 0.2) is 47.4 Å². The van der Waals surface area contributed by atoms with E-state index in [1.165, 1.54) is 17.5 Å². The summed E-state index contributed by atoms with van der Waals surface area (Å²) in [4.78, 5) is 2.64. The minimum atomic E-state index is -3.61. The van der Waals surface area contributed by atoms with Gasteiger partial charge in [0.25, 0.3) is 0 Å². The van der Waals surface area contributed by atoms with Crippen molar-refractivity contribution in [3.8, 4) is 0 Å². The Balaban J connectivity index is 1.59. The molecule has 1 atom stereocenters. The maximum absolute atomic E-state index is 13.3. The standard InChI is InChI=1S/C23H30N2O3S/c1-18-6-8-20(9-7-18)23(17-25-12-14-28-15-13-25)24-29(26,27)22-11-10-19-4-2-3-5-21(19)16-22/h6-11,16,23-24H,2-5,12-15,17H2,1H3/t23-/m0/s1. The second-order valence-corrected chi connectivity index (χ2v) is 9.85. The summed E-state index contributed by atoms with van der Waals surface area (Å²) in [5.74, 6) is 0. The second kappa shape index (κ2) is 8.96. The van der Waals surface area contributed by atoms with Gasteiger partial charge in [0.2, 0.25) is 10.0 Å². The molecule has 0 bridgehead atoms. The van der Waals surface area contributed by atoms with Crippen molar-refractivity contribution in [2.45, 2.75) is 43.5 Å². The lowest BCUT2D eigenvalue weighted by atomic mass is 9.92. The maximum atomic E-state index is 13.3. The van der Waals surface area contributed by atoms with Gasteiger partial charge in [0.15, 0.2) is 0 Å². The number of hydrogen-bond acceptors (Lipinski definition) is 4. The largest absolute Gasteiger partial charge is 0.379 e. The summed E-state index contributed by atoms with van der Waals surface area (Å²) < 4.78 is 34.9. The van der Waals surface area contributed by atoms with E-state index in [9.17, 15) is 8.42 Å². The molecule has 1 N–H and O–H groups in total. The van der Waals surface area contributed by atoms with Crippen molar-refractivity contribution in [1.82, 2.24) is 9.62 Å². The summed E-state index contributed by atoms with van der Waals surface area (Å²) >= 11 is 0. The zero-order valence-corrected chi connectivity index (χ0v) is 17.9. The molecule has 0 spiro atoms. The van der Waals surface area contributed by atoms with Crippen LogP contribution in [0.4, 0.5) is 0 Å². The van der Waals surface area contributed by atoms with E-state index in [4.69, 9.17) is 4.74 Å². The van der Waals surface area contributed by atoms with Crippen LogP contribution < -0.4 is 4.72 Å². The van der Waals surface area contributed by atoms with Crippen LogP contribution in [0, 0.1) is 6.92 Å². The molecule has 0 amide bonds. The Morgan fingerprint density at radius 1 is 1.00 bits per heavy atom. The van der Waals surface area contributed by atoms with Gasteiger partial charge in [-0.3, -0.25) is 4.90 Å². The van der Waals surface area contributed by atoms with E-state index in [2.05, 4.69) is 9.62 Å². The van der Waals surface area contributed by atoms with Crippen molar-refractivity contribution in [2.24, 2.45) is 0 Å². The molecular weight excluding hydrogens is 384 g/mol. The van der Waals surface area contributed by atoms with Crippen molar-refractivity contribution < 1.29 is 13.2 Å². The molecule has 6 heteroatoms. The second-order valence-electron chi connectivity index (χ2n) is 8.14. The number of morpholine rings is 1. The third-order valence-electron chi connectivity index (χ3n) is 5.95. The van der Waals surface area contributed by atoms with E-state index in [0.29, 0.717) is 24.7 Å². The normalized spacial score (nSPS) is 18.9. The van der Waals surface area contributed by atoms with E-state index in [0.717, 1.165) is 43.5 Å². The van der Waals surface area contributed by atoms with Crippen molar-refractivity contribution in [1.29, 1.82) is 0 Å². The van der Waals surface area contributed by atoms with Crippen LogP contribution in [-0.2, 0) is 27.6 Å². The van der Waals surface area contributed by atoms with Crippen molar-refractivity contribution in [2.75, 3.05) is 32.8 Å². The van der Waals surface area contributed by atoms with E-state index >= 15 is 0 Å². The van der Waals surface area contributed by atoms with Crippen LogP contribution in [-0.4, -0.2) is 46.2 Å². The molecular formula is C23H30N2O3S. The number of nitrogens with one attached hydrogen (secondary N) is 1. The molecule has 5 nitrogen and oxygen atoms in total. The third kappa shape index (κ3) is 5.07. The maximum Gasteiger partial charge on any atom is 0.241 e. The number of benzene rings is 2. The number of hydrogen-bond donors (Lipinski definition) is 1. The summed E-state index contributed by atoms with van der Waals surface area (Å²) in [6.07, 6.45) is 4.33. The van der Waals surface area contributed by atoms with Gasteiger partial charge in [0, 0.05) is 19.6 Å². The molecule has 0 radical (unpaired) electrons. The van der Waals surface area contributed by atoms with Crippen LogP contribution in [0.3, 0.4) is 0 Å². The number of fused-ring (bicyclic) bond motifs is 1. The van der Waals surface area contributed by atoms with Crippen LogP contribution in [0.5, 0.6) is 0 Å². The first-order chi connectivity index (χ1) is 14.0. The molecule has 2 aromatic carbocycles. The number of rotatable bonds is 6. The van der Waals surface area contributed by atoms with Crippen LogP contribution in [0.2, 0.25) is 0 Å². The average molecular weight is 415 g/mol. The monoisotopic (exact) mass is 414 g/mol. The van der Waals surface area contributed by atoms with E-state index < -0.39 is 10.0 Å². The van der Waals surface area contributed by atoms with E-state index in [1.54, 1.807) is 6.07 Å². The van der Waals surface area contributed by atoms with Crippen molar-refractivity contribution in [3.63, 3.8) is 0 Å². The molecule has 156 valence electrons. The van der Waals surface area contributed by atoms with Crippen LogP contribution >= 0.6 is 0 Å². The molecule has 1 aliphatic carbocycles. The molecule has 0 saturated carbocycles. The molecule has 29 heavy (non-hydrogen) atoms. The highest BCUT2D eigenvalue weighted by Gasteiger charge is 2.25. The minimum absolute atomic E-state index is 0.297. The summed E-state index contributed by atoms with van der Waals surface area (Å²) in [7, 11) is -3.61. The van der Waals surface area contributed by atoms with Crippen molar-refractivity contribution in [3.05, 3.63) is 64.7 Å². The van der Waals surface area contributed by atoms with E-state index in [-0.39, 0.29) is 6.04 Å². The van der Waals surface area contributed by atoms with Gasteiger partial charge >= 0.3 is 0 Å². The Kier molecular flexibility index (Phi) is 6.35. The Hall–Kier alpha value is -1.73. The number of ether oxygens (including phenoxy) is 1. The molecule has 0 aromatic heterocycles. The fourth-order valence-electron chi connectivity index (χ4n) is 4.18. The molecule has 1 aliphatic heterocycles. The summed E-state index contributed by atoms with van der Waals surface area (Å²) in [5, 5.41) is 0. The SMILES string of the molecule is Cc1ccc([C@H](CN2CCOCC2)NS(=O)(=O)c2ccc3c(c2)CCCC3)cc1. The lowest BCUT2D eigenvalue weighted by molar-refractivity contribution is 0.0345. The first kappa shape index (κ1) is 20.5. The van der Waals surface area contributed by atoms with Gasteiger partial charge in [-0.05, 0) is 61.4 Å². The Morgan fingerprint density at radius 2 is 1.69 bits per heavy atom. The minimum Gasteiger partial charge on any atom is -0.379 e. The van der Waals surface area contributed by atoms with Gasteiger partial charge in [-0.25, -0.2) is 13.1 Å². The fourth-order valence-corrected chi connectivity index (χ4v) is 5.45. The Morgan fingerprint density at radius 3 is 2.41 bits per heavy atom. The highest BCUT2D eigenvalue weighted by atomic mass is 32.2. The zero-order chi connectivity index (χ0) is 20.3. The topological polar surface area (TPSA) is 58.6 Å². The highest BCUT2D eigenvalue weighted by molar-refractivity contribution is 7.89. The fraction of sp³-hybridized carbons (Fsp3) is 0.478.